The van der Waals surface area contributed by atoms with Crippen LogP contribution in [0.5, 0.6) is 5.75 Å². The predicted octanol–water partition coefficient (Wildman–Crippen LogP) is 2.17. The van der Waals surface area contributed by atoms with Gasteiger partial charge in [-0.3, -0.25) is 24.6 Å². The summed E-state index contributed by atoms with van der Waals surface area (Å²) in [6.45, 7) is 1.95. The van der Waals surface area contributed by atoms with Gasteiger partial charge in [-0.05, 0) is 24.1 Å². The van der Waals surface area contributed by atoms with Gasteiger partial charge in [0.2, 0.25) is 0 Å². The summed E-state index contributed by atoms with van der Waals surface area (Å²) in [5.41, 5.74) is 4.89. The van der Waals surface area contributed by atoms with Gasteiger partial charge in [0.25, 0.3) is 17.0 Å². The van der Waals surface area contributed by atoms with Crippen LogP contribution >= 0.6 is 0 Å². The van der Waals surface area contributed by atoms with Gasteiger partial charge in [-0.1, -0.05) is 43.3 Å². The van der Waals surface area contributed by atoms with Crippen molar-refractivity contribution in [2.45, 2.75) is 19.4 Å². The second-order valence-electron chi connectivity index (χ2n) is 6.37. The van der Waals surface area contributed by atoms with Crippen LogP contribution in [0.15, 0.2) is 58.1 Å². The number of hydrogen-bond donors (Lipinski definition) is 6. The number of phenols is 1. The average Bonchev–Trinajstić information content (AvgIpc) is 2.72. The molecule has 0 spiro atoms. The van der Waals surface area contributed by atoms with E-state index in [1.165, 1.54) is 18.2 Å². The van der Waals surface area contributed by atoms with Crippen molar-refractivity contribution in [3.8, 4) is 5.75 Å². The Morgan fingerprint density at radius 1 is 1.03 bits per heavy atom. The maximum absolute atomic E-state index is 12.5. The van der Waals surface area contributed by atoms with Gasteiger partial charge in [0.15, 0.2) is 5.75 Å². The molecule has 0 saturated carbocycles. The number of hydrogen-bond acceptors (Lipinski definition) is 6. The Labute approximate surface area is 165 Å². The van der Waals surface area contributed by atoms with Crippen LogP contribution in [0.3, 0.4) is 0 Å². The molecular weight excluding hydrogens is 374 g/mol. The van der Waals surface area contributed by atoms with Crippen LogP contribution in [0, 0.1) is 0 Å². The van der Waals surface area contributed by atoms with E-state index < -0.39 is 22.8 Å². The van der Waals surface area contributed by atoms with Crippen molar-refractivity contribution < 1.29 is 9.90 Å². The molecule has 0 radical (unpaired) electrons. The van der Waals surface area contributed by atoms with Crippen LogP contribution in [-0.4, -0.2) is 21.2 Å². The lowest BCUT2D eigenvalue weighted by Crippen LogP contribution is -2.27. The van der Waals surface area contributed by atoms with E-state index in [0.29, 0.717) is 6.42 Å². The molecule has 3 aromatic rings. The van der Waals surface area contributed by atoms with Crippen LogP contribution in [0.4, 0.5) is 17.1 Å². The molecule has 0 aliphatic heterocycles. The van der Waals surface area contributed by atoms with E-state index in [9.17, 15) is 19.5 Å². The molecule has 1 atom stereocenters. The maximum Gasteiger partial charge on any atom is 0.288 e. The number of nitrogens with two attached hydrogens (primary N) is 1. The molecule has 0 bridgehead atoms. The molecule has 29 heavy (non-hydrogen) atoms. The molecule has 0 aliphatic rings. The first-order valence-corrected chi connectivity index (χ1v) is 8.97. The number of H-pyrrole nitrogens is 2. The number of amides is 1. The van der Waals surface area contributed by atoms with E-state index in [-0.39, 0.29) is 28.7 Å². The van der Waals surface area contributed by atoms with Gasteiger partial charge in [-0.2, -0.15) is 0 Å². The van der Waals surface area contributed by atoms with Crippen LogP contribution in [0.1, 0.15) is 35.3 Å². The fourth-order valence-electron chi connectivity index (χ4n) is 2.98. The third kappa shape index (κ3) is 4.13. The molecule has 150 valence electrons. The molecule has 1 amide bonds. The molecule has 9 nitrogen and oxygen atoms in total. The highest BCUT2D eigenvalue weighted by molar-refractivity contribution is 5.98. The second-order valence-corrected chi connectivity index (χ2v) is 6.37. The Morgan fingerprint density at radius 2 is 1.69 bits per heavy atom. The molecule has 1 unspecified atom stereocenters. The number of anilines is 3. The fraction of sp³-hybridized carbons (Fsp3) is 0.150. The Hall–Kier alpha value is -4.01. The Balaban J connectivity index is 2.04. The fourth-order valence-corrected chi connectivity index (χ4v) is 2.98. The van der Waals surface area contributed by atoms with Crippen LogP contribution in [0.2, 0.25) is 0 Å². The molecule has 0 aliphatic carbocycles. The monoisotopic (exact) mass is 395 g/mol. The summed E-state index contributed by atoms with van der Waals surface area (Å²) < 4.78 is 0. The average molecular weight is 395 g/mol. The lowest BCUT2D eigenvalue weighted by atomic mass is 10.0. The van der Waals surface area contributed by atoms with Crippen molar-refractivity contribution in [3.63, 3.8) is 0 Å². The zero-order valence-corrected chi connectivity index (χ0v) is 15.7. The first kappa shape index (κ1) is 19.7. The van der Waals surface area contributed by atoms with Gasteiger partial charge in [-0.15, -0.1) is 0 Å². The quantitative estimate of drug-likeness (QED) is 0.337. The normalized spacial score (nSPS) is 11.6. The maximum atomic E-state index is 12.5. The van der Waals surface area contributed by atoms with Crippen molar-refractivity contribution >= 4 is 23.0 Å². The van der Waals surface area contributed by atoms with E-state index in [1.807, 2.05) is 37.3 Å². The Morgan fingerprint density at radius 3 is 2.31 bits per heavy atom. The predicted molar refractivity (Wildman–Crippen MR) is 111 cm³/mol. The first-order valence-electron chi connectivity index (χ1n) is 8.97. The van der Waals surface area contributed by atoms with Crippen molar-refractivity contribution in [1.29, 1.82) is 0 Å². The Bertz CT molecular complexity index is 1140. The summed E-state index contributed by atoms with van der Waals surface area (Å²) in [5.74, 6) is -1.24. The summed E-state index contributed by atoms with van der Waals surface area (Å²) in [7, 11) is 0. The van der Waals surface area contributed by atoms with Gasteiger partial charge in [-0.25, -0.2) is 0 Å². The number of aromatic nitrogens is 2. The van der Waals surface area contributed by atoms with E-state index in [2.05, 4.69) is 20.8 Å². The van der Waals surface area contributed by atoms with E-state index in [4.69, 9.17) is 5.73 Å². The van der Waals surface area contributed by atoms with Crippen molar-refractivity contribution in [1.82, 2.24) is 10.2 Å². The number of rotatable bonds is 7. The minimum Gasteiger partial charge on any atom is -0.505 e. The molecule has 0 saturated heterocycles. The number of aromatic hydroxyl groups is 1. The number of carbonyl (C=O) groups excluding carboxylic acids is 1. The van der Waals surface area contributed by atoms with Gasteiger partial charge >= 0.3 is 0 Å². The van der Waals surface area contributed by atoms with Gasteiger partial charge in [0.05, 0.1) is 17.3 Å². The number of aromatic amines is 2. The summed E-state index contributed by atoms with van der Waals surface area (Å²) in [6.07, 6.45) is 0.651. The zero-order chi connectivity index (χ0) is 21.0. The molecule has 1 aromatic heterocycles. The van der Waals surface area contributed by atoms with Crippen molar-refractivity contribution in [2.75, 3.05) is 10.6 Å². The van der Waals surface area contributed by atoms with Gasteiger partial charge in [0.1, 0.15) is 11.4 Å². The molecule has 1 heterocycles. The highest BCUT2D eigenvalue weighted by Crippen LogP contribution is 2.31. The number of carbonyl (C=O) groups is 1. The number of benzene rings is 2. The highest BCUT2D eigenvalue weighted by Gasteiger charge is 2.19. The van der Waals surface area contributed by atoms with Gasteiger partial charge < -0.3 is 21.5 Å². The molecule has 7 N–H and O–H groups in total. The van der Waals surface area contributed by atoms with Crippen molar-refractivity contribution in [3.05, 3.63) is 80.4 Å². The minimum atomic E-state index is -0.820. The van der Waals surface area contributed by atoms with E-state index in [0.717, 1.165) is 5.56 Å². The SMILES string of the molecule is CCC(Nc1c(Nc2cccc(C(N)=O)c2O)c(=O)[nH][nH]c1=O)c1ccccc1. The summed E-state index contributed by atoms with van der Waals surface area (Å²) in [4.78, 5) is 36.3. The molecule has 3 rings (SSSR count). The summed E-state index contributed by atoms with van der Waals surface area (Å²) >= 11 is 0. The third-order valence-corrected chi connectivity index (χ3v) is 4.48. The third-order valence-electron chi connectivity index (χ3n) is 4.48. The highest BCUT2D eigenvalue weighted by atomic mass is 16.3. The molecular formula is C20H21N5O4. The lowest BCUT2D eigenvalue weighted by Gasteiger charge is -2.20. The van der Waals surface area contributed by atoms with Crippen molar-refractivity contribution in [2.24, 2.45) is 5.73 Å². The minimum absolute atomic E-state index is 0.00771. The zero-order valence-electron chi connectivity index (χ0n) is 15.7. The lowest BCUT2D eigenvalue weighted by molar-refractivity contribution is 0.0998. The number of para-hydroxylation sites is 1. The van der Waals surface area contributed by atoms with Gasteiger partial charge in [0, 0.05) is 0 Å². The van der Waals surface area contributed by atoms with Crippen LogP contribution in [-0.2, 0) is 0 Å². The van der Waals surface area contributed by atoms with E-state index >= 15 is 0 Å². The molecule has 9 heteroatoms. The first-order chi connectivity index (χ1) is 13.9. The largest absolute Gasteiger partial charge is 0.505 e. The standard InChI is InChI=1S/C20H21N5O4/c1-2-13(11-7-4-3-5-8-11)22-15-16(20(29)25-24-19(15)28)23-14-10-6-9-12(17(14)26)18(21)27/h3-10,13,26H,2H2,1H3,(H2,21,27)(H2,22,25,29)(H2,23,24,28). The Kier molecular flexibility index (Phi) is 5.68. The van der Waals surface area contributed by atoms with Crippen LogP contribution < -0.4 is 27.5 Å². The molecule has 0 fully saturated rings. The summed E-state index contributed by atoms with van der Waals surface area (Å²) in [6, 6.07) is 13.6. The summed E-state index contributed by atoms with van der Waals surface area (Å²) in [5, 5.41) is 20.7. The van der Waals surface area contributed by atoms with Crippen LogP contribution in [0.25, 0.3) is 0 Å². The van der Waals surface area contributed by atoms with E-state index in [1.54, 1.807) is 0 Å². The number of nitrogens with one attached hydrogen (secondary N) is 4. The topological polar surface area (TPSA) is 153 Å². The smallest absolute Gasteiger partial charge is 0.288 e. The number of primary amides is 1. The molecule has 2 aromatic carbocycles. The second kappa shape index (κ2) is 8.34.